The maximum atomic E-state index is 12.0. The molecule has 0 N–H and O–H groups in total. The van der Waals surface area contributed by atoms with E-state index in [9.17, 15) is 22.0 Å². The van der Waals surface area contributed by atoms with Crippen molar-refractivity contribution in [2.75, 3.05) is 0 Å². The van der Waals surface area contributed by atoms with Crippen molar-refractivity contribution in [3.63, 3.8) is 0 Å². The summed E-state index contributed by atoms with van der Waals surface area (Å²) in [6.07, 6.45) is 0. The van der Waals surface area contributed by atoms with Crippen LogP contribution in [-0.2, 0) is 21.1 Å². The molecular weight excluding hydrogens is 362 g/mol. The molecule has 0 aliphatic rings. The fourth-order valence-corrected chi connectivity index (χ4v) is 0.495. The Morgan fingerprint density at radius 3 is 1.33 bits per heavy atom. The van der Waals surface area contributed by atoms with Crippen LogP contribution in [0.4, 0.5) is 22.0 Å². The van der Waals surface area contributed by atoms with Gasteiger partial charge in [0.2, 0.25) is 0 Å². The molecular formula is C6F5Pt-. The molecule has 6 heteroatoms. The Hall–Kier alpha value is -0.442. The molecule has 0 spiro atoms. The normalized spacial score (nSPS) is 9.42. The van der Waals surface area contributed by atoms with Gasteiger partial charge in [0.05, 0.1) is 29.1 Å². The van der Waals surface area contributed by atoms with Crippen molar-refractivity contribution in [3.05, 3.63) is 35.2 Å². The van der Waals surface area contributed by atoms with Crippen LogP contribution in [0.25, 0.3) is 0 Å². The summed E-state index contributed by atoms with van der Waals surface area (Å²) in [7, 11) is 0. The SMILES string of the molecule is Fc1[c-]c(F)c(F)c(F)c1F.[Pt]. The van der Waals surface area contributed by atoms with Crippen LogP contribution in [0.5, 0.6) is 0 Å². The third-order valence-electron chi connectivity index (χ3n) is 0.990. The fourth-order valence-electron chi connectivity index (χ4n) is 0.495. The third-order valence-corrected chi connectivity index (χ3v) is 0.990. The number of hydrogen-bond acceptors (Lipinski definition) is 0. The smallest absolute Gasteiger partial charge is 0.0893 e. The zero-order valence-corrected chi connectivity index (χ0v) is 7.48. The van der Waals surface area contributed by atoms with E-state index < -0.39 is 29.1 Å². The molecule has 0 saturated heterocycles. The van der Waals surface area contributed by atoms with Crippen LogP contribution < -0.4 is 0 Å². The molecule has 0 unspecified atom stereocenters. The predicted octanol–water partition coefficient (Wildman–Crippen LogP) is 2.18. The van der Waals surface area contributed by atoms with E-state index in [4.69, 9.17) is 0 Å². The first kappa shape index (κ1) is 11.6. The molecule has 0 aliphatic carbocycles. The quantitative estimate of drug-likeness (QED) is 0.287. The molecule has 1 rings (SSSR count). The largest absolute Gasteiger partial charge is 0.278 e. The van der Waals surface area contributed by atoms with Gasteiger partial charge in [0.1, 0.15) is 0 Å². The van der Waals surface area contributed by atoms with Crippen molar-refractivity contribution in [1.29, 1.82) is 0 Å². The molecule has 0 nitrogen and oxygen atoms in total. The summed E-state index contributed by atoms with van der Waals surface area (Å²) in [6.45, 7) is 0. The van der Waals surface area contributed by atoms with Gasteiger partial charge in [-0.1, -0.05) is 0 Å². The van der Waals surface area contributed by atoms with Gasteiger partial charge in [-0.25, -0.2) is 13.2 Å². The summed E-state index contributed by atoms with van der Waals surface area (Å²) >= 11 is 0. The van der Waals surface area contributed by atoms with Gasteiger partial charge >= 0.3 is 0 Å². The molecule has 0 radical (unpaired) electrons. The molecule has 0 aromatic heterocycles. The van der Waals surface area contributed by atoms with E-state index in [-0.39, 0.29) is 21.1 Å². The van der Waals surface area contributed by atoms with E-state index in [0.717, 1.165) is 6.07 Å². The Labute approximate surface area is 78.6 Å². The van der Waals surface area contributed by atoms with Crippen LogP contribution in [0.2, 0.25) is 0 Å². The molecule has 0 saturated carbocycles. The van der Waals surface area contributed by atoms with Crippen molar-refractivity contribution in [1.82, 2.24) is 0 Å². The molecule has 0 amide bonds. The van der Waals surface area contributed by atoms with Crippen molar-refractivity contribution >= 4 is 0 Å². The van der Waals surface area contributed by atoms with Crippen molar-refractivity contribution in [2.45, 2.75) is 0 Å². The number of rotatable bonds is 0. The molecule has 70 valence electrons. The monoisotopic (exact) mass is 362 g/mol. The molecule has 12 heavy (non-hydrogen) atoms. The van der Waals surface area contributed by atoms with Crippen molar-refractivity contribution < 1.29 is 43.0 Å². The standard InChI is InChI=1S/C6F5.Pt/c7-2-1-3(8)5(10)6(11)4(2)9;/q-1;. The van der Waals surface area contributed by atoms with Gasteiger partial charge in [-0.05, 0) is 0 Å². The van der Waals surface area contributed by atoms with Crippen molar-refractivity contribution in [3.8, 4) is 0 Å². The van der Waals surface area contributed by atoms with Crippen molar-refractivity contribution in [2.24, 2.45) is 0 Å². The van der Waals surface area contributed by atoms with Crippen LogP contribution in [0.15, 0.2) is 0 Å². The first-order valence-electron chi connectivity index (χ1n) is 2.44. The van der Waals surface area contributed by atoms with Gasteiger partial charge in [0.25, 0.3) is 0 Å². The topological polar surface area (TPSA) is 0 Å². The zero-order chi connectivity index (χ0) is 8.59. The summed E-state index contributed by atoms with van der Waals surface area (Å²) in [6, 6.07) is 1.02. The number of hydrogen-bond donors (Lipinski definition) is 0. The molecule has 0 fully saturated rings. The summed E-state index contributed by atoms with van der Waals surface area (Å²) in [4.78, 5) is 0. The maximum absolute atomic E-state index is 12.0. The Morgan fingerprint density at radius 1 is 0.667 bits per heavy atom. The average molecular weight is 362 g/mol. The molecule has 1 aromatic rings. The minimum atomic E-state index is -2.17. The zero-order valence-electron chi connectivity index (χ0n) is 5.21. The van der Waals surface area contributed by atoms with Crippen LogP contribution in [-0.4, -0.2) is 0 Å². The summed E-state index contributed by atoms with van der Waals surface area (Å²) < 4.78 is 59.9. The Morgan fingerprint density at radius 2 is 1.00 bits per heavy atom. The second kappa shape index (κ2) is 3.99. The van der Waals surface area contributed by atoms with E-state index in [2.05, 4.69) is 0 Å². The summed E-state index contributed by atoms with van der Waals surface area (Å²) in [5.74, 6) is -10.0. The second-order valence-corrected chi connectivity index (χ2v) is 1.69. The van der Waals surface area contributed by atoms with Gasteiger partial charge in [0, 0.05) is 21.1 Å². The van der Waals surface area contributed by atoms with E-state index in [0.29, 0.717) is 0 Å². The van der Waals surface area contributed by atoms with Crippen LogP contribution in [0.3, 0.4) is 0 Å². The van der Waals surface area contributed by atoms with E-state index >= 15 is 0 Å². The third kappa shape index (κ3) is 1.83. The first-order valence-corrected chi connectivity index (χ1v) is 2.44. The van der Waals surface area contributed by atoms with Gasteiger partial charge in [-0.2, -0.15) is 0 Å². The van der Waals surface area contributed by atoms with Crippen LogP contribution in [0.1, 0.15) is 0 Å². The van der Waals surface area contributed by atoms with E-state index in [1.807, 2.05) is 0 Å². The van der Waals surface area contributed by atoms with Gasteiger partial charge in [-0.3, -0.25) is 8.78 Å². The molecule has 0 aliphatic heterocycles. The van der Waals surface area contributed by atoms with Gasteiger partial charge in [0.15, 0.2) is 0 Å². The first-order chi connectivity index (χ1) is 5.04. The van der Waals surface area contributed by atoms with E-state index in [1.54, 1.807) is 0 Å². The molecule has 0 bridgehead atoms. The maximum Gasteiger partial charge on any atom is 0.0893 e. The molecule has 0 atom stereocenters. The predicted molar refractivity (Wildman–Crippen MR) is 25.1 cm³/mol. The number of benzene rings is 1. The van der Waals surface area contributed by atoms with Gasteiger partial charge < -0.3 is 0 Å². The summed E-state index contributed by atoms with van der Waals surface area (Å²) in [5.41, 5.74) is 0. The van der Waals surface area contributed by atoms with Gasteiger partial charge in [-0.15, -0.1) is 6.07 Å². The molecule has 0 heterocycles. The Bertz CT molecular complexity index is 272. The van der Waals surface area contributed by atoms with E-state index in [1.165, 1.54) is 0 Å². The Kier molecular flexibility index (Phi) is 3.84. The summed E-state index contributed by atoms with van der Waals surface area (Å²) in [5, 5.41) is 0. The minimum absolute atomic E-state index is 0. The molecule has 1 aromatic carbocycles. The second-order valence-electron chi connectivity index (χ2n) is 1.69. The fraction of sp³-hybridized carbons (Fsp3) is 0. The average Bonchev–Trinajstić information content (AvgIpc) is 1.97. The Balaban J connectivity index is 0.00000121. The van der Waals surface area contributed by atoms with Crippen LogP contribution in [0, 0.1) is 35.2 Å². The van der Waals surface area contributed by atoms with Crippen LogP contribution >= 0.6 is 0 Å². The minimum Gasteiger partial charge on any atom is -0.278 e. The number of halogens is 5.